The van der Waals surface area contributed by atoms with Gasteiger partial charge in [0.15, 0.2) is 0 Å². The van der Waals surface area contributed by atoms with Crippen molar-refractivity contribution in [1.29, 1.82) is 0 Å². The molecular weight excluding hydrogens is 369 g/mol. The maximum Gasteiger partial charge on any atom is 0.416 e. The van der Waals surface area contributed by atoms with Crippen LogP contribution in [0.25, 0.3) is 0 Å². The fourth-order valence-electron chi connectivity index (χ4n) is 3.31. The van der Waals surface area contributed by atoms with Crippen LogP contribution in [0.2, 0.25) is 0 Å². The van der Waals surface area contributed by atoms with Gasteiger partial charge in [0.25, 0.3) is 0 Å². The van der Waals surface area contributed by atoms with E-state index in [9.17, 15) is 22.8 Å². The Balaban J connectivity index is 1.71. The number of rotatable bonds is 4. The largest absolute Gasteiger partial charge is 0.416 e. The normalized spacial score (nSPS) is 17.3. The van der Waals surface area contributed by atoms with Gasteiger partial charge in [-0.05, 0) is 41.8 Å². The monoisotopic (exact) mass is 390 g/mol. The highest BCUT2D eigenvalue weighted by molar-refractivity contribution is 6.03. The van der Waals surface area contributed by atoms with Crippen molar-refractivity contribution < 1.29 is 22.8 Å². The van der Waals surface area contributed by atoms with E-state index in [0.29, 0.717) is 11.4 Å². The number of para-hydroxylation sites is 1. The second-order valence-corrected chi connectivity index (χ2v) is 7.18. The molecule has 2 aromatic rings. The van der Waals surface area contributed by atoms with Gasteiger partial charge in [0, 0.05) is 24.3 Å². The average molecular weight is 390 g/mol. The van der Waals surface area contributed by atoms with Crippen molar-refractivity contribution in [2.24, 2.45) is 5.92 Å². The van der Waals surface area contributed by atoms with Crippen LogP contribution in [0.1, 0.15) is 37.3 Å². The van der Waals surface area contributed by atoms with Gasteiger partial charge in [-0.25, -0.2) is 0 Å². The van der Waals surface area contributed by atoms with Gasteiger partial charge in [-0.3, -0.25) is 9.59 Å². The van der Waals surface area contributed by atoms with Crippen molar-refractivity contribution in [3.05, 3.63) is 59.7 Å². The number of hydrogen-bond acceptors (Lipinski definition) is 2. The van der Waals surface area contributed by atoms with Gasteiger partial charge in [-0.15, -0.1) is 0 Å². The third-order valence-electron chi connectivity index (χ3n) is 4.84. The fourth-order valence-corrected chi connectivity index (χ4v) is 3.31. The van der Waals surface area contributed by atoms with Gasteiger partial charge in [0.2, 0.25) is 11.8 Å². The van der Waals surface area contributed by atoms with Crippen LogP contribution < -0.4 is 10.2 Å². The zero-order chi connectivity index (χ0) is 20.5. The molecule has 0 radical (unpaired) electrons. The van der Waals surface area contributed by atoms with Gasteiger partial charge >= 0.3 is 6.18 Å². The van der Waals surface area contributed by atoms with Crippen LogP contribution in [0.3, 0.4) is 0 Å². The number of anilines is 2. The van der Waals surface area contributed by atoms with Gasteiger partial charge in [-0.2, -0.15) is 13.2 Å². The number of carbonyl (C=O) groups is 2. The van der Waals surface area contributed by atoms with Crippen LogP contribution in [-0.2, 0) is 15.8 Å². The standard InChI is InChI=1S/C21H21F3N2O2/c1-13(2)17-5-3-4-6-18(17)25-20(28)14-11-19(27)26(12-14)16-9-7-15(8-10-16)21(22,23)24/h3-10,13-14H,11-12H2,1-2H3,(H,25,28). The summed E-state index contributed by atoms with van der Waals surface area (Å²) in [6, 6.07) is 11.9. The highest BCUT2D eigenvalue weighted by Gasteiger charge is 2.36. The molecule has 0 saturated carbocycles. The molecule has 1 saturated heterocycles. The molecule has 1 atom stereocenters. The van der Waals surface area contributed by atoms with Crippen LogP contribution in [0.15, 0.2) is 48.5 Å². The molecule has 0 aliphatic carbocycles. The highest BCUT2D eigenvalue weighted by atomic mass is 19.4. The van der Waals surface area contributed by atoms with E-state index in [1.54, 1.807) is 0 Å². The number of carbonyl (C=O) groups excluding carboxylic acids is 2. The number of nitrogens with zero attached hydrogens (tertiary/aromatic N) is 1. The lowest BCUT2D eigenvalue weighted by Crippen LogP contribution is -2.28. The predicted molar refractivity (Wildman–Crippen MR) is 101 cm³/mol. The van der Waals surface area contributed by atoms with Crippen LogP contribution in [0.5, 0.6) is 0 Å². The SMILES string of the molecule is CC(C)c1ccccc1NC(=O)C1CC(=O)N(c2ccc(C(F)(F)F)cc2)C1. The van der Waals surface area contributed by atoms with E-state index in [0.717, 1.165) is 17.7 Å². The first-order chi connectivity index (χ1) is 13.2. The molecule has 0 spiro atoms. The summed E-state index contributed by atoms with van der Waals surface area (Å²) in [7, 11) is 0. The van der Waals surface area contributed by atoms with Crippen molar-refractivity contribution in [1.82, 2.24) is 0 Å². The molecule has 2 aromatic carbocycles. The molecule has 1 heterocycles. The molecule has 4 nitrogen and oxygen atoms in total. The van der Waals surface area contributed by atoms with Crippen molar-refractivity contribution in [3.63, 3.8) is 0 Å². The Bertz CT molecular complexity index is 876. The molecule has 3 rings (SSSR count). The molecule has 28 heavy (non-hydrogen) atoms. The molecule has 1 N–H and O–H groups in total. The van der Waals surface area contributed by atoms with E-state index in [1.165, 1.54) is 17.0 Å². The number of benzene rings is 2. The number of amides is 2. The minimum Gasteiger partial charge on any atom is -0.326 e. The van der Waals surface area contributed by atoms with Crippen molar-refractivity contribution >= 4 is 23.2 Å². The molecule has 0 bridgehead atoms. The smallest absolute Gasteiger partial charge is 0.326 e. The molecule has 148 valence electrons. The summed E-state index contributed by atoms with van der Waals surface area (Å²) in [6.07, 6.45) is -4.41. The molecule has 7 heteroatoms. The number of hydrogen-bond donors (Lipinski definition) is 1. The van der Waals surface area contributed by atoms with Gasteiger partial charge < -0.3 is 10.2 Å². The lowest BCUT2D eigenvalue weighted by atomic mass is 10.0. The second kappa shape index (κ2) is 7.66. The Hall–Kier alpha value is -2.83. The molecule has 1 aliphatic rings. The van der Waals surface area contributed by atoms with E-state index in [4.69, 9.17) is 0 Å². The minimum atomic E-state index is -4.43. The maximum absolute atomic E-state index is 12.7. The quantitative estimate of drug-likeness (QED) is 0.814. The van der Waals surface area contributed by atoms with Gasteiger partial charge in [-0.1, -0.05) is 32.0 Å². The molecule has 1 fully saturated rings. The summed E-state index contributed by atoms with van der Waals surface area (Å²) in [6.45, 7) is 4.19. The number of alkyl halides is 3. The van der Waals surface area contributed by atoms with Crippen molar-refractivity contribution in [2.45, 2.75) is 32.4 Å². The summed E-state index contributed by atoms with van der Waals surface area (Å²) in [5, 5.41) is 2.89. The number of halogens is 3. The Kier molecular flexibility index (Phi) is 5.45. The Morgan fingerprint density at radius 2 is 1.75 bits per heavy atom. The number of nitrogens with one attached hydrogen (secondary N) is 1. The van der Waals surface area contributed by atoms with Crippen LogP contribution >= 0.6 is 0 Å². The first kappa shape index (κ1) is 19.9. The van der Waals surface area contributed by atoms with E-state index in [1.807, 2.05) is 38.1 Å². The zero-order valence-electron chi connectivity index (χ0n) is 15.6. The first-order valence-corrected chi connectivity index (χ1v) is 9.04. The lowest BCUT2D eigenvalue weighted by molar-refractivity contribution is -0.137. The predicted octanol–water partition coefficient (Wildman–Crippen LogP) is 4.82. The Labute approximate surface area is 161 Å². The second-order valence-electron chi connectivity index (χ2n) is 7.18. The summed E-state index contributed by atoms with van der Waals surface area (Å²) in [4.78, 5) is 26.3. The summed E-state index contributed by atoms with van der Waals surface area (Å²) >= 11 is 0. The van der Waals surface area contributed by atoms with E-state index in [2.05, 4.69) is 5.32 Å². The van der Waals surface area contributed by atoms with E-state index >= 15 is 0 Å². The van der Waals surface area contributed by atoms with Crippen molar-refractivity contribution in [3.8, 4) is 0 Å². The molecule has 0 aromatic heterocycles. The van der Waals surface area contributed by atoms with E-state index in [-0.39, 0.29) is 30.7 Å². The van der Waals surface area contributed by atoms with Crippen LogP contribution in [0.4, 0.5) is 24.5 Å². The molecule has 1 aliphatic heterocycles. The Morgan fingerprint density at radius 3 is 2.36 bits per heavy atom. The topological polar surface area (TPSA) is 49.4 Å². The summed E-state index contributed by atoms with van der Waals surface area (Å²) in [5.41, 5.74) is 1.29. The van der Waals surface area contributed by atoms with Gasteiger partial charge in [0.1, 0.15) is 0 Å². The van der Waals surface area contributed by atoms with E-state index < -0.39 is 17.7 Å². The minimum absolute atomic E-state index is 0.0245. The molecule has 1 unspecified atom stereocenters. The van der Waals surface area contributed by atoms with Crippen molar-refractivity contribution in [2.75, 3.05) is 16.8 Å². The highest BCUT2D eigenvalue weighted by Crippen LogP contribution is 2.32. The summed E-state index contributed by atoms with van der Waals surface area (Å²) < 4.78 is 38.1. The first-order valence-electron chi connectivity index (χ1n) is 9.04. The molecule has 2 amide bonds. The maximum atomic E-state index is 12.7. The van der Waals surface area contributed by atoms with Gasteiger partial charge in [0.05, 0.1) is 11.5 Å². The third-order valence-corrected chi connectivity index (χ3v) is 4.84. The average Bonchev–Trinajstić information content (AvgIpc) is 3.03. The Morgan fingerprint density at radius 1 is 1.11 bits per heavy atom. The third kappa shape index (κ3) is 4.18. The summed E-state index contributed by atoms with van der Waals surface area (Å²) in [5.74, 6) is -0.881. The van der Waals surface area contributed by atoms with Crippen LogP contribution in [-0.4, -0.2) is 18.4 Å². The molecular formula is C21H21F3N2O2. The lowest BCUT2D eigenvalue weighted by Gasteiger charge is -2.18. The zero-order valence-corrected chi connectivity index (χ0v) is 15.6. The fraction of sp³-hybridized carbons (Fsp3) is 0.333. The van der Waals surface area contributed by atoms with Crippen LogP contribution in [0, 0.1) is 5.92 Å².